The van der Waals surface area contributed by atoms with Crippen LogP contribution in [0.15, 0.2) is 42.5 Å². The van der Waals surface area contributed by atoms with Crippen LogP contribution in [0.5, 0.6) is 0 Å². The average molecular weight is 393 g/mol. The molecule has 2 aromatic rings. The number of benzene rings is 2. The number of carbonyl (C=O) groups is 2. The number of amides is 2. The molecule has 1 atom stereocenters. The maximum Gasteiger partial charge on any atom is 0.250 e. The van der Waals surface area contributed by atoms with E-state index >= 15 is 0 Å². The molecule has 2 amide bonds. The summed E-state index contributed by atoms with van der Waals surface area (Å²) in [7, 11) is 1.45. The molecule has 4 nitrogen and oxygen atoms in total. The maximum atomic E-state index is 14.4. The number of likely N-dealkylation sites (N-methyl/N-ethyl adjacent to an activating group) is 1. The summed E-state index contributed by atoms with van der Waals surface area (Å²) in [5.41, 5.74) is 0.924. The van der Waals surface area contributed by atoms with Gasteiger partial charge in [0.15, 0.2) is 0 Å². The third kappa shape index (κ3) is 3.81. The molecule has 0 saturated carbocycles. The Hall–Kier alpha value is -2.47. The molecule has 0 aliphatic carbocycles. The molecule has 27 heavy (non-hydrogen) atoms. The number of rotatable bonds is 4. The third-order valence-corrected chi connectivity index (χ3v) is 5.26. The van der Waals surface area contributed by atoms with Crippen molar-refractivity contribution in [2.45, 2.75) is 18.9 Å². The fraction of sp³-hybridized carbons (Fsp3) is 0.300. The monoisotopic (exact) mass is 392 g/mol. The minimum absolute atomic E-state index is 0.00732. The molecule has 1 aliphatic heterocycles. The summed E-state index contributed by atoms with van der Waals surface area (Å²) in [5.74, 6) is -1.64. The van der Waals surface area contributed by atoms with E-state index in [1.165, 1.54) is 49.2 Å². The van der Waals surface area contributed by atoms with Crippen molar-refractivity contribution in [2.75, 3.05) is 20.1 Å². The Morgan fingerprint density at radius 2 is 1.78 bits per heavy atom. The second-order valence-corrected chi connectivity index (χ2v) is 7.07. The molecule has 1 fully saturated rings. The highest BCUT2D eigenvalue weighted by Crippen LogP contribution is 2.35. The predicted molar refractivity (Wildman–Crippen MR) is 98.3 cm³/mol. The van der Waals surface area contributed by atoms with E-state index < -0.39 is 17.8 Å². The lowest BCUT2D eigenvalue weighted by atomic mass is 9.90. The van der Waals surface area contributed by atoms with Crippen molar-refractivity contribution in [3.05, 3.63) is 70.2 Å². The molecule has 1 aliphatic rings. The van der Waals surface area contributed by atoms with Crippen LogP contribution in [0.4, 0.5) is 8.78 Å². The molecule has 0 aromatic heterocycles. The van der Waals surface area contributed by atoms with Crippen LogP contribution < -0.4 is 0 Å². The Kier molecular flexibility index (Phi) is 5.46. The summed E-state index contributed by atoms with van der Waals surface area (Å²) in [5, 5.41) is 0.0945. The minimum Gasteiger partial charge on any atom is -0.339 e. The number of hydrogen-bond donors (Lipinski definition) is 0. The second-order valence-electron chi connectivity index (χ2n) is 6.66. The van der Waals surface area contributed by atoms with Gasteiger partial charge in [-0.3, -0.25) is 9.59 Å². The summed E-state index contributed by atoms with van der Waals surface area (Å²) >= 11 is 6.14. The summed E-state index contributed by atoms with van der Waals surface area (Å²) in [4.78, 5) is 27.7. The number of likely N-dealkylation sites (tertiary alicyclic amines) is 1. The van der Waals surface area contributed by atoms with Crippen LogP contribution in [-0.4, -0.2) is 41.8 Å². The molecular weight excluding hydrogens is 374 g/mol. The number of carbonyl (C=O) groups excluding carboxylic acids is 2. The number of hydrogen-bond acceptors (Lipinski definition) is 2. The van der Waals surface area contributed by atoms with Gasteiger partial charge in [0.25, 0.3) is 0 Å². The van der Waals surface area contributed by atoms with Gasteiger partial charge in [0.05, 0.1) is 0 Å². The Morgan fingerprint density at radius 3 is 2.33 bits per heavy atom. The molecule has 142 valence electrons. The Balaban J connectivity index is 1.83. The molecule has 3 rings (SSSR count). The van der Waals surface area contributed by atoms with Crippen molar-refractivity contribution in [1.82, 2.24) is 9.80 Å². The largest absolute Gasteiger partial charge is 0.339 e. The average Bonchev–Trinajstić information content (AvgIpc) is 2.58. The highest BCUT2D eigenvalue weighted by Gasteiger charge is 2.40. The summed E-state index contributed by atoms with van der Waals surface area (Å²) < 4.78 is 27.5. The molecule has 1 saturated heterocycles. The Labute approximate surface area is 161 Å². The minimum atomic E-state index is -1.13. The van der Waals surface area contributed by atoms with Crippen LogP contribution in [0.3, 0.4) is 0 Å². The first-order valence-corrected chi connectivity index (χ1v) is 8.89. The SMILES string of the molecule is CC(=O)N(C)C(C(=O)N1CC(c2ccc(F)cc2)C1)c1c(F)cccc1Cl. The summed E-state index contributed by atoms with van der Waals surface area (Å²) in [6.07, 6.45) is 0. The molecule has 0 N–H and O–H groups in total. The lowest BCUT2D eigenvalue weighted by Gasteiger charge is -2.43. The molecule has 2 aromatic carbocycles. The van der Waals surface area contributed by atoms with Gasteiger partial charge in [-0.1, -0.05) is 29.8 Å². The van der Waals surface area contributed by atoms with Crippen LogP contribution in [0.2, 0.25) is 5.02 Å². The zero-order valence-electron chi connectivity index (χ0n) is 15.0. The maximum absolute atomic E-state index is 14.4. The van der Waals surface area contributed by atoms with E-state index in [1.54, 1.807) is 17.0 Å². The van der Waals surface area contributed by atoms with E-state index in [4.69, 9.17) is 11.6 Å². The first-order chi connectivity index (χ1) is 12.8. The van der Waals surface area contributed by atoms with Crippen LogP contribution in [0.25, 0.3) is 0 Å². The van der Waals surface area contributed by atoms with Gasteiger partial charge in [0.1, 0.15) is 17.7 Å². The van der Waals surface area contributed by atoms with Gasteiger partial charge >= 0.3 is 0 Å². The fourth-order valence-electron chi connectivity index (χ4n) is 3.21. The van der Waals surface area contributed by atoms with Gasteiger partial charge < -0.3 is 9.80 Å². The Morgan fingerprint density at radius 1 is 1.15 bits per heavy atom. The van der Waals surface area contributed by atoms with Crippen LogP contribution in [0, 0.1) is 11.6 Å². The molecule has 0 spiro atoms. The van der Waals surface area contributed by atoms with E-state index in [0.717, 1.165) is 5.56 Å². The van der Waals surface area contributed by atoms with E-state index in [1.807, 2.05) is 0 Å². The van der Waals surface area contributed by atoms with E-state index in [0.29, 0.717) is 13.1 Å². The Bertz CT molecular complexity index is 847. The number of halogens is 3. The second kappa shape index (κ2) is 7.64. The molecular formula is C20H19ClF2N2O2. The standard InChI is InChI=1S/C20H19ClF2N2O2/c1-12(26)24(2)19(18-16(21)4-3-5-17(18)23)20(27)25-10-14(11-25)13-6-8-15(22)9-7-13/h3-9,14,19H,10-11H2,1-2H3. The van der Waals surface area contributed by atoms with Crippen molar-refractivity contribution < 1.29 is 18.4 Å². The topological polar surface area (TPSA) is 40.6 Å². The highest BCUT2D eigenvalue weighted by molar-refractivity contribution is 6.31. The first kappa shape index (κ1) is 19.3. The molecule has 0 radical (unpaired) electrons. The van der Waals surface area contributed by atoms with Gasteiger partial charge in [-0.15, -0.1) is 0 Å². The predicted octanol–water partition coefficient (Wildman–Crippen LogP) is 3.76. The van der Waals surface area contributed by atoms with Crippen molar-refractivity contribution in [3.8, 4) is 0 Å². The molecule has 1 heterocycles. The van der Waals surface area contributed by atoms with E-state index in [-0.39, 0.29) is 28.2 Å². The van der Waals surface area contributed by atoms with Crippen molar-refractivity contribution in [1.29, 1.82) is 0 Å². The molecule has 1 unspecified atom stereocenters. The number of nitrogens with zero attached hydrogens (tertiary/aromatic N) is 2. The van der Waals surface area contributed by atoms with Crippen molar-refractivity contribution in [3.63, 3.8) is 0 Å². The van der Waals surface area contributed by atoms with Gasteiger partial charge in [-0.25, -0.2) is 8.78 Å². The summed E-state index contributed by atoms with van der Waals surface area (Å²) in [6, 6.07) is 9.16. The normalized spacial score (nSPS) is 15.2. The smallest absolute Gasteiger partial charge is 0.250 e. The van der Waals surface area contributed by atoms with Gasteiger partial charge in [0.2, 0.25) is 11.8 Å². The van der Waals surface area contributed by atoms with Gasteiger partial charge in [-0.05, 0) is 29.8 Å². The highest BCUT2D eigenvalue weighted by atomic mass is 35.5. The van der Waals surface area contributed by atoms with Crippen LogP contribution in [0.1, 0.15) is 30.0 Å². The van der Waals surface area contributed by atoms with E-state index in [2.05, 4.69) is 0 Å². The van der Waals surface area contributed by atoms with Crippen molar-refractivity contribution in [2.24, 2.45) is 0 Å². The quantitative estimate of drug-likeness (QED) is 0.794. The fourth-order valence-corrected chi connectivity index (χ4v) is 3.48. The first-order valence-electron chi connectivity index (χ1n) is 8.51. The lowest BCUT2D eigenvalue weighted by Crippen LogP contribution is -2.53. The van der Waals surface area contributed by atoms with Crippen LogP contribution >= 0.6 is 11.6 Å². The van der Waals surface area contributed by atoms with Crippen molar-refractivity contribution >= 4 is 23.4 Å². The third-order valence-electron chi connectivity index (χ3n) is 4.93. The van der Waals surface area contributed by atoms with E-state index in [9.17, 15) is 18.4 Å². The van der Waals surface area contributed by atoms with Crippen LogP contribution in [-0.2, 0) is 9.59 Å². The molecule has 0 bridgehead atoms. The van der Waals surface area contributed by atoms with Gasteiger partial charge in [0, 0.05) is 43.6 Å². The zero-order chi connectivity index (χ0) is 19.7. The van der Waals surface area contributed by atoms with Gasteiger partial charge in [-0.2, -0.15) is 0 Å². The molecule has 7 heteroatoms. The zero-order valence-corrected chi connectivity index (χ0v) is 15.7. The summed E-state index contributed by atoms with van der Waals surface area (Å²) in [6.45, 7) is 2.14. The lowest BCUT2D eigenvalue weighted by molar-refractivity contribution is -0.147.